The van der Waals surface area contributed by atoms with Gasteiger partial charge in [-0.3, -0.25) is 9.80 Å². The molecule has 0 amide bonds. The number of thiophene rings is 1. The van der Waals surface area contributed by atoms with Crippen molar-refractivity contribution >= 4 is 22.3 Å². The quantitative estimate of drug-likeness (QED) is 0.646. The fraction of sp³-hybridized carbons (Fsp3) is 0.350. The van der Waals surface area contributed by atoms with E-state index in [-0.39, 0.29) is 5.63 Å². The normalized spacial score (nSPS) is 16.2. The standard InChI is InChI=1S/C20H22N2O3S/c1-24-16-4-5-18-15(11-20(23)25-19(18)12-16)13-21-6-8-22(9-7-21)14-17-3-2-10-26-17/h2-5,10-12H,6-9,13-14H2,1H3. The predicted molar refractivity (Wildman–Crippen MR) is 104 cm³/mol. The Bertz CT molecular complexity index is 928. The fourth-order valence-corrected chi connectivity index (χ4v) is 4.18. The molecule has 0 atom stereocenters. The van der Waals surface area contributed by atoms with E-state index in [9.17, 15) is 4.79 Å². The first kappa shape index (κ1) is 17.3. The minimum Gasteiger partial charge on any atom is -0.497 e. The van der Waals surface area contributed by atoms with Gasteiger partial charge in [0.1, 0.15) is 11.3 Å². The Morgan fingerprint density at radius 2 is 1.85 bits per heavy atom. The maximum Gasteiger partial charge on any atom is 0.336 e. The number of piperazine rings is 1. The molecule has 0 N–H and O–H groups in total. The van der Waals surface area contributed by atoms with Gasteiger partial charge in [0.25, 0.3) is 0 Å². The van der Waals surface area contributed by atoms with Gasteiger partial charge in [0.2, 0.25) is 0 Å². The fourth-order valence-electron chi connectivity index (χ4n) is 3.44. The molecule has 1 aliphatic rings. The van der Waals surface area contributed by atoms with E-state index in [4.69, 9.17) is 9.15 Å². The molecule has 2 aromatic heterocycles. The van der Waals surface area contributed by atoms with Crippen molar-refractivity contribution in [3.05, 3.63) is 62.6 Å². The van der Waals surface area contributed by atoms with E-state index >= 15 is 0 Å². The number of nitrogens with zero attached hydrogens (tertiary/aromatic N) is 2. The molecule has 1 aliphatic heterocycles. The van der Waals surface area contributed by atoms with Crippen LogP contribution in [0.4, 0.5) is 0 Å². The molecular formula is C20H22N2O3S. The monoisotopic (exact) mass is 370 g/mol. The smallest absolute Gasteiger partial charge is 0.336 e. The molecule has 0 saturated carbocycles. The first-order valence-corrected chi connectivity index (χ1v) is 9.67. The van der Waals surface area contributed by atoms with Crippen molar-refractivity contribution in [2.24, 2.45) is 0 Å². The molecule has 0 aliphatic carbocycles. The summed E-state index contributed by atoms with van der Waals surface area (Å²) in [6.45, 7) is 5.90. The lowest BCUT2D eigenvalue weighted by molar-refractivity contribution is 0.123. The molecule has 3 heterocycles. The van der Waals surface area contributed by atoms with Crippen LogP contribution >= 0.6 is 11.3 Å². The van der Waals surface area contributed by atoms with Crippen LogP contribution in [0.5, 0.6) is 5.75 Å². The van der Waals surface area contributed by atoms with Crippen molar-refractivity contribution < 1.29 is 9.15 Å². The summed E-state index contributed by atoms with van der Waals surface area (Å²) >= 11 is 1.82. The van der Waals surface area contributed by atoms with Crippen LogP contribution in [0.2, 0.25) is 0 Å². The van der Waals surface area contributed by atoms with E-state index in [0.29, 0.717) is 11.3 Å². The maximum absolute atomic E-state index is 11.9. The van der Waals surface area contributed by atoms with E-state index in [2.05, 4.69) is 27.3 Å². The Labute approximate surface area is 156 Å². The first-order valence-electron chi connectivity index (χ1n) is 8.79. The van der Waals surface area contributed by atoms with Gasteiger partial charge in [-0.2, -0.15) is 0 Å². The third-order valence-electron chi connectivity index (χ3n) is 4.86. The molecule has 6 heteroatoms. The van der Waals surface area contributed by atoms with Crippen molar-refractivity contribution in [2.75, 3.05) is 33.3 Å². The van der Waals surface area contributed by atoms with Crippen LogP contribution < -0.4 is 10.4 Å². The van der Waals surface area contributed by atoms with Gasteiger partial charge in [-0.05, 0) is 29.1 Å². The van der Waals surface area contributed by atoms with Crippen molar-refractivity contribution in [1.82, 2.24) is 9.80 Å². The van der Waals surface area contributed by atoms with Gasteiger partial charge in [-0.15, -0.1) is 11.3 Å². The van der Waals surface area contributed by atoms with Crippen LogP contribution in [0.15, 0.2) is 51.0 Å². The summed E-state index contributed by atoms with van der Waals surface area (Å²) in [6.07, 6.45) is 0. The molecule has 0 spiro atoms. The molecule has 0 bridgehead atoms. The molecule has 4 rings (SSSR count). The minimum absolute atomic E-state index is 0.308. The summed E-state index contributed by atoms with van der Waals surface area (Å²) in [5, 5.41) is 3.11. The SMILES string of the molecule is COc1ccc2c(CN3CCN(Cc4cccs4)CC3)cc(=O)oc2c1. The molecular weight excluding hydrogens is 348 g/mol. The van der Waals surface area contributed by atoms with E-state index in [1.54, 1.807) is 19.2 Å². The Hall–Kier alpha value is -2.15. The van der Waals surface area contributed by atoms with Crippen LogP contribution in [0, 0.1) is 0 Å². The average molecular weight is 370 g/mol. The number of ether oxygens (including phenoxy) is 1. The molecule has 1 saturated heterocycles. The second-order valence-electron chi connectivity index (χ2n) is 6.58. The third kappa shape index (κ3) is 3.82. The topological polar surface area (TPSA) is 45.9 Å². The van der Waals surface area contributed by atoms with Gasteiger partial charge in [0.05, 0.1) is 7.11 Å². The second-order valence-corrected chi connectivity index (χ2v) is 7.62. The maximum atomic E-state index is 11.9. The lowest BCUT2D eigenvalue weighted by Crippen LogP contribution is -2.45. The summed E-state index contributed by atoms with van der Waals surface area (Å²) in [5.74, 6) is 0.694. The highest BCUT2D eigenvalue weighted by Gasteiger charge is 2.19. The van der Waals surface area contributed by atoms with Crippen LogP contribution in [-0.4, -0.2) is 43.1 Å². The second kappa shape index (κ2) is 7.61. The number of benzene rings is 1. The Kier molecular flexibility index (Phi) is 5.06. The lowest BCUT2D eigenvalue weighted by atomic mass is 10.1. The van der Waals surface area contributed by atoms with E-state index in [1.165, 1.54) is 4.88 Å². The molecule has 0 radical (unpaired) electrons. The van der Waals surface area contributed by atoms with E-state index in [0.717, 1.165) is 50.2 Å². The van der Waals surface area contributed by atoms with Crippen molar-refractivity contribution in [1.29, 1.82) is 0 Å². The minimum atomic E-state index is -0.308. The van der Waals surface area contributed by atoms with Crippen LogP contribution in [0.1, 0.15) is 10.4 Å². The van der Waals surface area contributed by atoms with Gasteiger partial charge >= 0.3 is 5.63 Å². The molecule has 26 heavy (non-hydrogen) atoms. The summed E-state index contributed by atoms with van der Waals surface area (Å²) in [4.78, 5) is 18.3. The zero-order chi connectivity index (χ0) is 17.9. The molecule has 136 valence electrons. The highest BCUT2D eigenvalue weighted by molar-refractivity contribution is 7.09. The highest BCUT2D eigenvalue weighted by Crippen LogP contribution is 2.24. The zero-order valence-electron chi connectivity index (χ0n) is 14.8. The van der Waals surface area contributed by atoms with Crippen molar-refractivity contribution in [3.8, 4) is 5.75 Å². The van der Waals surface area contributed by atoms with E-state index < -0.39 is 0 Å². The molecule has 1 aromatic carbocycles. The largest absolute Gasteiger partial charge is 0.497 e. The summed E-state index contributed by atoms with van der Waals surface area (Å²) < 4.78 is 10.6. The Morgan fingerprint density at radius 1 is 1.08 bits per heavy atom. The van der Waals surface area contributed by atoms with Gasteiger partial charge in [-0.25, -0.2) is 4.79 Å². The van der Waals surface area contributed by atoms with Gasteiger partial charge in [-0.1, -0.05) is 6.07 Å². The Morgan fingerprint density at radius 3 is 2.54 bits per heavy atom. The zero-order valence-corrected chi connectivity index (χ0v) is 15.6. The van der Waals surface area contributed by atoms with E-state index in [1.807, 2.05) is 23.5 Å². The third-order valence-corrected chi connectivity index (χ3v) is 5.72. The molecule has 3 aromatic rings. The first-order chi connectivity index (χ1) is 12.7. The number of hydrogen-bond donors (Lipinski definition) is 0. The summed E-state index contributed by atoms with van der Waals surface area (Å²) in [7, 11) is 1.61. The van der Waals surface area contributed by atoms with Crippen molar-refractivity contribution in [3.63, 3.8) is 0 Å². The highest BCUT2D eigenvalue weighted by atomic mass is 32.1. The average Bonchev–Trinajstić information content (AvgIpc) is 3.15. The number of hydrogen-bond acceptors (Lipinski definition) is 6. The van der Waals surface area contributed by atoms with Gasteiger partial charge in [0.15, 0.2) is 0 Å². The van der Waals surface area contributed by atoms with Gasteiger partial charge in [0, 0.05) is 61.7 Å². The van der Waals surface area contributed by atoms with Crippen molar-refractivity contribution in [2.45, 2.75) is 13.1 Å². The summed E-state index contributed by atoms with van der Waals surface area (Å²) in [6, 6.07) is 11.6. The van der Waals surface area contributed by atoms with Crippen LogP contribution in [-0.2, 0) is 13.1 Å². The van der Waals surface area contributed by atoms with Crippen LogP contribution in [0.25, 0.3) is 11.0 Å². The number of methoxy groups -OCH3 is 1. The van der Waals surface area contributed by atoms with Gasteiger partial charge < -0.3 is 9.15 Å². The summed E-state index contributed by atoms with van der Waals surface area (Å²) in [5.41, 5.74) is 1.30. The predicted octanol–water partition coefficient (Wildman–Crippen LogP) is 3.18. The van der Waals surface area contributed by atoms with Crippen LogP contribution in [0.3, 0.4) is 0 Å². The number of rotatable bonds is 5. The number of fused-ring (bicyclic) bond motifs is 1. The molecule has 0 unspecified atom stereocenters. The Balaban J connectivity index is 1.45. The molecule has 5 nitrogen and oxygen atoms in total. The lowest BCUT2D eigenvalue weighted by Gasteiger charge is -2.34. The molecule has 1 fully saturated rings.